The van der Waals surface area contributed by atoms with Crippen molar-refractivity contribution in [2.24, 2.45) is 17.8 Å². The van der Waals surface area contributed by atoms with Gasteiger partial charge in [0.15, 0.2) is 24.8 Å². The Balaban J connectivity index is 0.984. The number of nitro benzene ring substituents is 1. The number of aliphatic hydroxyl groups is 5. The van der Waals surface area contributed by atoms with Gasteiger partial charge < -0.3 is 64.0 Å². The van der Waals surface area contributed by atoms with E-state index < -0.39 is 115 Å². The first-order valence-electron chi connectivity index (χ1n) is 25.8. The average Bonchev–Trinajstić information content (AvgIpc) is 4.03. The Labute approximate surface area is 427 Å². The number of aryl methyl sites for hydroxylation is 3. The van der Waals surface area contributed by atoms with E-state index in [2.05, 4.69) is 15.3 Å². The van der Waals surface area contributed by atoms with E-state index in [1.807, 2.05) is 19.3 Å². The van der Waals surface area contributed by atoms with Crippen molar-refractivity contribution in [1.82, 2.24) is 20.0 Å². The first-order valence-corrected chi connectivity index (χ1v) is 25.8. The number of aliphatic hydroxyl groups excluding tert-OH is 5. The number of aromatic nitrogens is 4. The molecule has 22 heteroatoms. The maximum atomic E-state index is 14.2. The molecule has 404 valence electrons. The molecule has 6 unspecified atom stereocenters. The smallest absolute Gasteiger partial charge is 0.338 e. The van der Waals surface area contributed by atoms with Crippen LogP contribution in [0.15, 0.2) is 60.9 Å². The summed E-state index contributed by atoms with van der Waals surface area (Å²) in [6.45, 7) is 3.10. The van der Waals surface area contributed by atoms with Gasteiger partial charge in [0.25, 0.3) is 5.69 Å². The predicted molar refractivity (Wildman–Crippen MR) is 260 cm³/mol. The van der Waals surface area contributed by atoms with Crippen LogP contribution in [0.25, 0.3) is 10.9 Å². The minimum Gasteiger partial charge on any atom is -0.479 e. The zero-order valence-corrected chi connectivity index (χ0v) is 41.6. The van der Waals surface area contributed by atoms with Gasteiger partial charge in [-0.1, -0.05) is 62.4 Å². The molecule has 8 rings (SSSR count). The Hall–Kier alpha value is -5.27. The van der Waals surface area contributed by atoms with Crippen molar-refractivity contribution in [3.8, 4) is 0 Å². The number of carboxylic acid groups (broad SMARTS) is 1. The average molecular weight is 1040 g/mol. The molecule has 74 heavy (non-hydrogen) atoms. The van der Waals surface area contributed by atoms with Gasteiger partial charge in [-0.15, -0.1) is 5.10 Å². The molecule has 22 nitrogen and oxygen atoms in total. The summed E-state index contributed by atoms with van der Waals surface area (Å²) < 4.78 is 39.3. The minimum atomic E-state index is -1.70. The lowest BCUT2D eigenvalue weighted by Gasteiger charge is -2.48. The number of ketones is 1. The zero-order chi connectivity index (χ0) is 52.6. The number of benzene rings is 2. The molecule has 7 N–H and O–H groups in total. The van der Waals surface area contributed by atoms with Crippen LogP contribution < -0.4 is 0 Å². The fourth-order valence-corrected chi connectivity index (χ4v) is 11.0. The number of nitrogens with one attached hydrogen (secondary N) is 1. The quantitative estimate of drug-likeness (QED) is 0.0333. The number of hydrogen-bond acceptors (Lipinski definition) is 18. The molecule has 2 saturated carbocycles. The Morgan fingerprint density at radius 3 is 2.39 bits per heavy atom. The molecule has 2 aliphatic carbocycles. The summed E-state index contributed by atoms with van der Waals surface area (Å²) in [6.07, 6.45) is -7.69. The third-order valence-electron chi connectivity index (χ3n) is 15.1. The normalized spacial score (nSPS) is 31.2. The lowest BCUT2D eigenvalue weighted by Crippen LogP contribution is -2.64. The predicted octanol–water partition coefficient (Wildman–Crippen LogP) is 3.95. The monoisotopic (exact) mass is 1040 g/mol. The van der Waals surface area contributed by atoms with Crippen molar-refractivity contribution < 1.29 is 78.4 Å². The van der Waals surface area contributed by atoms with Crippen LogP contribution in [0.4, 0.5) is 5.69 Å². The van der Waals surface area contributed by atoms with Gasteiger partial charge in [0.1, 0.15) is 42.4 Å². The number of esters is 1. The summed E-state index contributed by atoms with van der Waals surface area (Å²) in [6, 6.07) is 12.7. The standard InChI is InChI=1S/C52H69N5O17/c1-28-21-33(38(59)17-9-16-34-26-56(55-54-34)20-10-15-32-25-53-37-19-18-35(57(67)68)24-36(32)37)23-39(46(28)74-51-45(63)44(62)42(60)29(2)69-51)71-52-48(73-50(66)31-13-7-4-8-14-31)47(43(61)41(27-58)72-52)70-40(49(64)65)22-30-11-5-3-6-12-30/h4,7-8,13-14,18-19,24-26,28-30,33,39-48,51-53,58,60-63H,3,5-6,9-12,15-17,20-23,27H2,1-2H3,(H,64,65)/t28?,29?,33?,39-,40+,41+,42-,43+,44+,45?,46-,47?,48?,51+,52-/m1/s1. The number of hydrogen-bond donors (Lipinski definition) is 7. The number of ether oxygens (including phenoxy) is 6. The van der Waals surface area contributed by atoms with Crippen LogP contribution in [-0.2, 0) is 57.4 Å². The molecule has 0 amide bonds. The van der Waals surface area contributed by atoms with Crippen molar-refractivity contribution in [2.45, 2.75) is 184 Å². The van der Waals surface area contributed by atoms with Crippen molar-refractivity contribution in [2.75, 3.05) is 6.61 Å². The molecule has 4 aliphatic rings. The van der Waals surface area contributed by atoms with Gasteiger partial charge in [-0.3, -0.25) is 19.6 Å². The van der Waals surface area contributed by atoms with Crippen LogP contribution >= 0.6 is 0 Å². The Morgan fingerprint density at radius 2 is 1.66 bits per heavy atom. The number of non-ortho nitro benzene ring substituents is 1. The molecular formula is C52H69N5O17. The number of rotatable bonds is 22. The molecule has 0 spiro atoms. The zero-order valence-electron chi connectivity index (χ0n) is 41.6. The van der Waals surface area contributed by atoms with Crippen molar-refractivity contribution in [3.05, 3.63) is 87.9 Å². The van der Waals surface area contributed by atoms with E-state index in [-0.39, 0.29) is 42.2 Å². The highest BCUT2D eigenvalue weighted by Gasteiger charge is 2.54. The van der Waals surface area contributed by atoms with Gasteiger partial charge in [0, 0.05) is 54.3 Å². The van der Waals surface area contributed by atoms with E-state index in [1.165, 1.54) is 25.1 Å². The fourth-order valence-electron chi connectivity index (χ4n) is 11.0. The summed E-state index contributed by atoms with van der Waals surface area (Å²) in [5, 5.41) is 85.7. The second-order valence-corrected chi connectivity index (χ2v) is 20.4. The first-order chi connectivity index (χ1) is 35.6. The van der Waals surface area contributed by atoms with Crippen LogP contribution in [-0.4, -0.2) is 160 Å². The number of nitrogens with zero attached hydrogens (tertiary/aromatic N) is 4. The van der Waals surface area contributed by atoms with E-state index in [9.17, 15) is 55.1 Å². The number of aliphatic carboxylic acids is 1. The Kier molecular flexibility index (Phi) is 18.6. The number of carbonyl (C=O) groups is 3. The SMILES string of the molecule is CC1O[C@@H](O[C@@H]2C(C)CC(C(=O)CCCc3cn(CCCc4c[nH]c5ccc([N+](=O)[O-])cc45)nn3)C[C@H]2O[C@@H]2O[C@@H](CO)[C@H](O)C(O[C@@H](CC3CCCCC3)C(=O)O)C2OC(=O)c2ccccc2)C(O)[C@@H](O)[C@@H]1O. The van der Waals surface area contributed by atoms with Gasteiger partial charge in [-0.2, -0.15) is 0 Å². The van der Waals surface area contributed by atoms with Crippen LogP contribution in [0.5, 0.6) is 0 Å². The number of H-pyrrole nitrogens is 1. The van der Waals surface area contributed by atoms with Crippen LogP contribution in [0.2, 0.25) is 0 Å². The highest BCUT2D eigenvalue weighted by Crippen LogP contribution is 2.40. The second kappa shape index (κ2) is 25.0. The summed E-state index contributed by atoms with van der Waals surface area (Å²) in [5.74, 6) is -3.33. The number of fused-ring (bicyclic) bond motifs is 1. The highest BCUT2D eigenvalue weighted by molar-refractivity contribution is 5.89. The van der Waals surface area contributed by atoms with Crippen molar-refractivity contribution >= 4 is 34.3 Å². The van der Waals surface area contributed by atoms with Crippen LogP contribution in [0.3, 0.4) is 0 Å². The molecule has 4 aromatic rings. The summed E-state index contributed by atoms with van der Waals surface area (Å²) in [4.78, 5) is 55.0. The van der Waals surface area contributed by atoms with E-state index >= 15 is 0 Å². The molecular weight excluding hydrogens is 967 g/mol. The Bertz CT molecular complexity index is 2500. The Morgan fingerprint density at radius 1 is 0.892 bits per heavy atom. The van der Waals surface area contributed by atoms with E-state index in [0.29, 0.717) is 44.3 Å². The maximum absolute atomic E-state index is 14.2. The van der Waals surface area contributed by atoms with Crippen molar-refractivity contribution in [1.29, 1.82) is 0 Å². The number of nitro groups is 1. The fraction of sp³-hybridized carbons (Fsp3) is 0.635. The van der Waals surface area contributed by atoms with Crippen molar-refractivity contribution in [3.63, 3.8) is 0 Å². The lowest BCUT2D eigenvalue weighted by atomic mass is 9.75. The van der Waals surface area contributed by atoms with Gasteiger partial charge in [0.05, 0.1) is 41.1 Å². The molecule has 2 aliphatic heterocycles. The topological polar surface area (TPSA) is 318 Å². The molecule has 4 heterocycles. The van der Waals surface area contributed by atoms with E-state index in [4.69, 9.17) is 28.4 Å². The number of carbonyl (C=O) groups excluding carboxylic acids is 2. The molecule has 4 fully saturated rings. The number of aromatic amines is 1. The van der Waals surface area contributed by atoms with Crippen LogP contribution in [0.1, 0.15) is 106 Å². The summed E-state index contributed by atoms with van der Waals surface area (Å²) in [7, 11) is 0. The first kappa shape index (κ1) is 55.0. The number of Topliss-reactive ketones (excluding diaryl/α,β-unsaturated/α-hetero) is 1. The third-order valence-corrected chi connectivity index (χ3v) is 15.1. The van der Waals surface area contributed by atoms with Gasteiger partial charge in [-0.05, 0) is 87.5 Å². The minimum absolute atomic E-state index is 0.00779. The molecule has 2 saturated heterocycles. The van der Waals surface area contributed by atoms with E-state index in [0.717, 1.165) is 48.6 Å². The summed E-state index contributed by atoms with van der Waals surface area (Å²) >= 11 is 0. The summed E-state index contributed by atoms with van der Waals surface area (Å²) in [5.41, 5.74) is 2.60. The number of carboxylic acids is 1. The molecule has 15 atom stereocenters. The molecule has 0 radical (unpaired) electrons. The third kappa shape index (κ3) is 13.2. The van der Waals surface area contributed by atoms with Gasteiger partial charge in [-0.25, -0.2) is 9.59 Å². The van der Waals surface area contributed by atoms with E-state index in [1.54, 1.807) is 35.0 Å². The molecule has 2 aromatic heterocycles. The largest absolute Gasteiger partial charge is 0.479 e. The highest BCUT2D eigenvalue weighted by atomic mass is 16.7. The second-order valence-electron chi connectivity index (χ2n) is 20.4. The molecule has 2 aromatic carbocycles. The maximum Gasteiger partial charge on any atom is 0.338 e. The van der Waals surface area contributed by atoms with Gasteiger partial charge >= 0.3 is 11.9 Å². The van der Waals surface area contributed by atoms with Gasteiger partial charge in [0.2, 0.25) is 0 Å². The lowest BCUT2D eigenvalue weighted by molar-refractivity contribution is -0.384. The molecule has 0 bridgehead atoms. The van der Waals surface area contributed by atoms with Crippen LogP contribution in [0, 0.1) is 27.9 Å².